The summed E-state index contributed by atoms with van der Waals surface area (Å²) in [6.07, 6.45) is 38.8. The van der Waals surface area contributed by atoms with Gasteiger partial charge in [0.1, 0.15) is 0 Å². The second-order valence-corrected chi connectivity index (χ2v) is 10.9. The highest BCUT2D eigenvalue weighted by molar-refractivity contribution is 5.77. The molecule has 0 aliphatic rings. The lowest BCUT2D eigenvalue weighted by Crippen LogP contribution is -2.27. The van der Waals surface area contributed by atoms with Crippen LogP contribution in [0.3, 0.4) is 0 Å². The first kappa shape index (κ1) is 37.2. The van der Waals surface area contributed by atoms with Crippen molar-refractivity contribution in [2.24, 2.45) is 0 Å². The first-order chi connectivity index (χ1) is 19.1. The fourth-order valence-corrected chi connectivity index (χ4v) is 4.69. The van der Waals surface area contributed by atoms with Crippen LogP contribution < -0.4 is 0 Å². The van der Waals surface area contributed by atoms with Gasteiger partial charge in [0.15, 0.2) is 6.10 Å². The fraction of sp³-hybridized carbons (Fsp3) is 0.771. The number of ether oxygens (including phenoxy) is 1. The van der Waals surface area contributed by atoms with Gasteiger partial charge in [-0.25, -0.2) is 4.79 Å². The Hall–Kier alpha value is -1.84. The molecule has 0 aromatic carbocycles. The Morgan fingerprint density at radius 3 is 1.59 bits per heavy atom. The summed E-state index contributed by atoms with van der Waals surface area (Å²) in [7, 11) is 0. The van der Waals surface area contributed by atoms with Crippen LogP contribution in [0.5, 0.6) is 0 Å². The maximum Gasteiger partial charge on any atom is 0.345 e. The molecule has 0 spiro atoms. The van der Waals surface area contributed by atoms with Crippen molar-refractivity contribution in [3.05, 3.63) is 36.5 Å². The molecular formula is C35H62O4. The largest absolute Gasteiger partial charge is 0.479 e. The molecule has 1 unspecified atom stereocenters. The molecule has 4 heteroatoms. The smallest absolute Gasteiger partial charge is 0.345 e. The molecule has 1 atom stereocenters. The van der Waals surface area contributed by atoms with Gasteiger partial charge in [0.2, 0.25) is 0 Å². The minimum Gasteiger partial charge on any atom is -0.479 e. The Morgan fingerprint density at radius 1 is 0.590 bits per heavy atom. The molecule has 0 saturated carbocycles. The van der Waals surface area contributed by atoms with E-state index < -0.39 is 12.1 Å². The summed E-state index contributed by atoms with van der Waals surface area (Å²) < 4.78 is 5.28. The molecule has 39 heavy (non-hydrogen) atoms. The first-order valence-corrected chi connectivity index (χ1v) is 16.5. The molecule has 226 valence electrons. The summed E-state index contributed by atoms with van der Waals surface area (Å²) in [5, 5.41) is 9.43. The predicted molar refractivity (Wildman–Crippen MR) is 167 cm³/mol. The Kier molecular flexibility index (Phi) is 29.2. The molecule has 0 heterocycles. The monoisotopic (exact) mass is 546 g/mol. The van der Waals surface area contributed by atoms with Crippen molar-refractivity contribution in [1.29, 1.82) is 0 Å². The third-order valence-electron chi connectivity index (χ3n) is 7.15. The van der Waals surface area contributed by atoms with Crippen molar-refractivity contribution >= 4 is 11.9 Å². The zero-order chi connectivity index (χ0) is 28.7. The number of hydrogen-bond donors (Lipinski definition) is 1. The molecule has 0 aliphatic carbocycles. The van der Waals surface area contributed by atoms with Crippen LogP contribution in [0, 0.1) is 0 Å². The average Bonchev–Trinajstić information content (AvgIpc) is 2.92. The van der Waals surface area contributed by atoms with Gasteiger partial charge in [-0.05, 0) is 51.4 Å². The third kappa shape index (κ3) is 29.0. The van der Waals surface area contributed by atoms with Crippen molar-refractivity contribution in [1.82, 2.24) is 0 Å². The highest BCUT2D eigenvalue weighted by atomic mass is 16.6. The van der Waals surface area contributed by atoms with Crippen LogP contribution in [0.15, 0.2) is 36.5 Å². The lowest BCUT2D eigenvalue weighted by Gasteiger charge is -2.13. The molecule has 0 aliphatic heterocycles. The highest BCUT2D eigenvalue weighted by Crippen LogP contribution is 2.15. The highest BCUT2D eigenvalue weighted by Gasteiger charge is 2.21. The lowest BCUT2D eigenvalue weighted by molar-refractivity contribution is -0.164. The number of unbranched alkanes of at least 4 members (excludes halogenated alkanes) is 17. The zero-order valence-electron chi connectivity index (χ0n) is 25.7. The van der Waals surface area contributed by atoms with Crippen LogP contribution in [0.1, 0.15) is 168 Å². The van der Waals surface area contributed by atoms with Gasteiger partial charge >= 0.3 is 11.9 Å². The Morgan fingerprint density at radius 2 is 1.05 bits per heavy atom. The quantitative estimate of drug-likeness (QED) is 0.0575. The van der Waals surface area contributed by atoms with Crippen molar-refractivity contribution in [2.75, 3.05) is 0 Å². The molecule has 0 fully saturated rings. The number of aliphatic carboxylic acids is 1. The predicted octanol–water partition coefficient (Wildman–Crippen LogP) is 11.1. The van der Waals surface area contributed by atoms with E-state index >= 15 is 0 Å². The summed E-state index contributed by atoms with van der Waals surface area (Å²) in [6, 6.07) is 0. The first-order valence-electron chi connectivity index (χ1n) is 16.5. The summed E-state index contributed by atoms with van der Waals surface area (Å²) in [4.78, 5) is 23.6. The molecule has 0 aromatic rings. The molecule has 0 bridgehead atoms. The number of esters is 1. The van der Waals surface area contributed by atoms with Crippen LogP contribution >= 0.6 is 0 Å². The van der Waals surface area contributed by atoms with Gasteiger partial charge in [0.25, 0.3) is 0 Å². The topological polar surface area (TPSA) is 63.6 Å². The Balaban J connectivity index is 3.63. The minimum absolute atomic E-state index is 0.321. The number of carbonyl (C=O) groups excluding carboxylic acids is 1. The van der Waals surface area contributed by atoms with Gasteiger partial charge in [-0.3, -0.25) is 4.79 Å². The summed E-state index contributed by atoms with van der Waals surface area (Å²) in [6.45, 7) is 4.41. The molecular weight excluding hydrogens is 484 g/mol. The maximum absolute atomic E-state index is 12.1. The van der Waals surface area contributed by atoms with E-state index in [9.17, 15) is 14.7 Å². The molecule has 4 nitrogen and oxygen atoms in total. The van der Waals surface area contributed by atoms with Crippen LogP contribution in [0.4, 0.5) is 0 Å². The second kappa shape index (κ2) is 30.7. The van der Waals surface area contributed by atoms with Crippen molar-refractivity contribution in [3.8, 4) is 0 Å². The molecule has 0 saturated heterocycles. The lowest BCUT2D eigenvalue weighted by atomic mass is 10.0. The van der Waals surface area contributed by atoms with E-state index in [2.05, 4.69) is 50.3 Å². The van der Waals surface area contributed by atoms with Crippen LogP contribution in [-0.2, 0) is 14.3 Å². The molecule has 0 amide bonds. The maximum atomic E-state index is 12.1. The van der Waals surface area contributed by atoms with E-state index in [4.69, 9.17) is 4.74 Å². The van der Waals surface area contributed by atoms with Gasteiger partial charge in [0, 0.05) is 6.42 Å². The third-order valence-corrected chi connectivity index (χ3v) is 7.15. The standard InChI is InChI=1S/C35H62O4/c1-3-5-7-9-11-13-15-17-18-20-22-24-26-28-30-32-34(36)39-33(35(37)38)31-29-27-25-23-21-19-16-14-12-10-8-6-4-2/h5,7,11,13,17-18,33H,3-4,6,8-10,12,14-16,19-32H2,1-2H3,(H,37,38)/b7-5-,13-11-,18-17-. The van der Waals surface area contributed by atoms with Gasteiger partial charge < -0.3 is 9.84 Å². The van der Waals surface area contributed by atoms with Crippen molar-refractivity contribution < 1.29 is 19.4 Å². The van der Waals surface area contributed by atoms with E-state index in [0.29, 0.717) is 12.8 Å². The summed E-state index contributed by atoms with van der Waals surface area (Å²) in [5.74, 6) is -1.38. The van der Waals surface area contributed by atoms with E-state index in [-0.39, 0.29) is 5.97 Å². The average molecular weight is 547 g/mol. The molecule has 0 rings (SSSR count). The van der Waals surface area contributed by atoms with E-state index in [1.54, 1.807) is 0 Å². The van der Waals surface area contributed by atoms with Gasteiger partial charge in [-0.2, -0.15) is 0 Å². The summed E-state index contributed by atoms with van der Waals surface area (Å²) in [5.41, 5.74) is 0. The fourth-order valence-electron chi connectivity index (χ4n) is 4.69. The number of carboxylic acids is 1. The van der Waals surface area contributed by atoms with Gasteiger partial charge in [0.05, 0.1) is 0 Å². The number of rotatable bonds is 29. The van der Waals surface area contributed by atoms with Crippen molar-refractivity contribution in [3.63, 3.8) is 0 Å². The van der Waals surface area contributed by atoms with Crippen LogP contribution in [0.25, 0.3) is 0 Å². The normalized spacial score (nSPS) is 12.7. The van der Waals surface area contributed by atoms with E-state index in [0.717, 1.165) is 70.6 Å². The molecule has 1 N–H and O–H groups in total. The van der Waals surface area contributed by atoms with Crippen LogP contribution in [-0.4, -0.2) is 23.1 Å². The molecule has 0 aromatic heterocycles. The number of carbonyl (C=O) groups is 2. The van der Waals surface area contributed by atoms with Crippen LogP contribution in [0.2, 0.25) is 0 Å². The molecule has 0 radical (unpaired) electrons. The van der Waals surface area contributed by atoms with Gasteiger partial charge in [-0.15, -0.1) is 0 Å². The Labute approximate surface area is 241 Å². The van der Waals surface area contributed by atoms with Crippen molar-refractivity contribution in [2.45, 2.75) is 174 Å². The number of hydrogen-bond acceptors (Lipinski definition) is 3. The zero-order valence-corrected chi connectivity index (χ0v) is 25.7. The minimum atomic E-state index is -1.01. The second-order valence-electron chi connectivity index (χ2n) is 10.9. The van der Waals surface area contributed by atoms with Gasteiger partial charge in [-0.1, -0.05) is 147 Å². The number of allylic oxidation sites excluding steroid dienone is 6. The Bertz CT molecular complexity index is 635. The van der Waals surface area contributed by atoms with E-state index in [1.807, 2.05) is 0 Å². The van der Waals surface area contributed by atoms with E-state index in [1.165, 1.54) is 70.6 Å². The number of carboxylic acid groups (broad SMARTS) is 1. The summed E-state index contributed by atoms with van der Waals surface area (Å²) >= 11 is 0. The SMILES string of the molecule is CC/C=C\C/C=C\C/C=C\CCCCCCCC(=O)OC(CCCCCCCCCCCCCCC)C(=O)O.